The Morgan fingerprint density at radius 2 is 1.69 bits per heavy atom. The fourth-order valence-electron chi connectivity index (χ4n) is 1.16. The first-order chi connectivity index (χ1) is 5.35. The van der Waals surface area contributed by atoms with Crippen LogP contribution in [0.4, 0.5) is 0 Å². The van der Waals surface area contributed by atoms with Crippen LogP contribution < -0.4 is 17.0 Å². The summed E-state index contributed by atoms with van der Waals surface area (Å²) in [6.07, 6.45) is 7.72. The third kappa shape index (κ3) is 12.9. The molecule has 0 fully saturated rings. The topological polar surface area (TPSA) is 0 Å². The Hall–Kier alpha value is 0.943. The Balaban J connectivity index is -0.000000500. The molecule has 72 valence electrons. The third-order valence-corrected chi connectivity index (χ3v) is 4.79. The zero-order valence-corrected chi connectivity index (χ0v) is 12.8. The van der Waals surface area contributed by atoms with Gasteiger partial charge >= 0.3 is 23.1 Å². The molecular weight excluding hydrogens is 252 g/mol. The molecule has 0 aromatic heterocycles. The van der Waals surface area contributed by atoms with Gasteiger partial charge in [-0.1, -0.05) is 19.1 Å². The van der Waals surface area contributed by atoms with Crippen molar-refractivity contribution in [2.24, 2.45) is 0 Å². The number of rotatable bonds is 7. The molecule has 0 aromatic rings. The second-order valence-corrected chi connectivity index (χ2v) is 5.99. The van der Waals surface area contributed by atoms with E-state index in [1.165, 1.54) is 24.6 Å². The van der Waals surface area contributed by atoms with Crippen molar-refractivity contribution in [2.75, 3.05) is 0 Å². The Bertz CT molecular complexity index is 107. The summed E-state index contributed by atoms with van der Waals surface area (Å²) in [6, 6.07) is 3.85. The zero-order chi connectivity index (χ0) is 8.53. The maximum atomic E-state index is 3.78. The van der Waals surface area contributed by atoms with Gasteiger partial charge in [0.2, 0.25) is 0 Å². The van der Waals surface area contributed by atoms with E-state index in [1.807, 2.05) is 0 Å². The van der Waals surface area contributed by atoms with E-state index in [0.29, 0.717) is 0 Å². The van der Waals surface area contributed by atoms with Crippen molar-refractivity contribution in [3.05, 3.63) is 31.7 Å². The van der Waals surface area contributed by atoms with Crippen LogP contribution in [0, 0.1) is 6.42 Å². The number of halogens is 1. The van der Waals surface area contributed by atoms with Gasteiger partial charge in [-0.05, 0) is 12.1 Å². The molecule has 0 unspecified atom stereocenters. The summed E-state index contributed by atoms with van der Waals surface area (Å²) < 4.78 is 0. The summed E-state index contributed by atoms with van der Waals surface area (Å²) in [7, 11) is -0.543. The Morgan fingerprint density at radius 3 is 2.00 bits per heavy atom. The van der Waals surface area contributed by atoms with Crippen LogP contribution >= 0.6 is 0 Å². The summed E-state index contributed by atoms with van der Waals surface area (Å²) in [5.41, 5.74) is 0. The minimum Gasteiger partial charge on any atom is -1.00 e. The van der Waals surface area contributed by atoms with Gasteiger partial charge in [0, 0.05) is 8.80 Å². The van der Waals surface area contributed by atoms with Crippen molar-refractivity contribution in [3.8, 4) is 0 Å². The minimum atomic E-state index is -0.543. The molecule has 0 atom stereocenters. The molecule has 0 heterocycles. The molecule has 0 aromatic carbocycles. The van der Waals surface area contributed by atoms with Crippen molar-refractivity contribution in [2.45, 2.75) is 31.5 Å². The minimum absolute atomic E-state index is 0. The molecule has 0 radical (unpaired) electrons. The molecule has 13 heavy (non-hydrogen) atoms. The van der Waals surface area contributed by atoms with Crippen molar-refractivity contribution >= 4 is 31.8 Å². The van der Waals surface area contributed by atoms with E-state index in [1.54, 1.807) is 0 Å². The van der Waals surface area contributed by atoms with E-state index in [0.717, 1.165) is 0 Å². The molecular formula is C10H19BrMgSi. The quantitative estimate of drug-likeness (QED) is 0.342. The molecule has 0 aliphatic rings. The molecule has 0 spiro atoms. The van der Waals surface area contributed by atoms with Gasteiger partial charge in [0.1, 0.15) is 0 Å². The van der Waals surface area contributed by atoms with Crippen molar-refractivity contribution in [1.29, 1.82) is 0 Å². The predicted octanol–water partition coefficient (Wildman–Crippen LogP) is -0.177. The van der Waals surface area contributed by atoms with Crippen LogP contribution in [-0.2, 0) is 0 Å². The smallest absolute Gasteiger partial charge is 1.00 e. The zero-order valence-electron chi connectivity index (χ0n) is 8.64. The average molecular weight is 272 g/mol. The molecule has 0 aliphatic carbocycles. The standard InChI is InChI=1S/C10H19Si.BrH.Mg/c1-4-7-10-11(8-5-2)9-6-3;;/h5-7,11H,2-4,8-10H2,1H3;1H;/q-1;;+2/p-1. The maximum absolute atomic E-state index is 3.78. The predicted molar refractivity (Wildman–Crippen MR) is 62.3 cm³/mol. The number of unbranched alkanes of at least 4 members (excludes halogenated alkanes) is 1. The normalized spacial score (nSPS) is 8.46. The molecule has 0 bridgehead atoms. The van der Waals surface area contributed by atoms with Gasteiger partial charge in [-0.15, -0.1) is 13.2 Å². The van der Waals surface area contributed by atoms with Gasteiger partial charge in [-0.3, -0.25) is 0 Å². The second-order valence-electron chi connectivity index (χ2n) is 2.85. The van der Waals surface area contributed by atoms with E-state index < -0.39 is 8.80 Å². The van der Waals surface area contributed by atoms with Crippen LogP contribution in [0.25, 0.3) is 0 Å². The van der Waals surface area contributed by atoms with Crippen molar-refractivity contribution in [3.63, 3.8) is 0 Å². The third-order valence-electron chi connectivity index (χ3n) is 1.79. The fraction of sp³-hybridized carbons (Fsp3) is 0.500. The Morgan fingerprint density at radius 1 is 1.23 bits per heavy atom. The summed E-state index contributed by atoms with van der Waals surface area (Å²) >= 11 is 0. The van der Waals surface area contributed by atoms with Crippen LogP contribution in [0.3, 0.4) is 0 Å². The van der Waals surface area contributed by atoms with Gasteiger partial charge in [0.05, 0.1) is 0 Å². The van der Waals surface area contributed by atoms with E-state index in [4.69, 9.17) is 0 Å². The van der Waals surface area contributed by atoms with Crippen LogP contribution in [0.5, 0.6) is 0 Å². The average Bonchev–Trinajstić information content (AvgIpc) is 2.01. The monoisotopic (exact) mass is 270 g/mol. The summed E-state index contributed by atoms with van der Waals surface area (Å²) in [4.78, 5) is 0. The van der Waals surface area contributed by atoms with E-state index in [-0.39, 0.29) is 40.0 Å². The fourth-order valence-corrected chi connectivity index (χ4v) is 3.49. The van der Waals surface area contributed by atoms with E-state index >= 15 is 0 Å². The maximum Gasteiger partial charge on any atom is 2.00 e. The molecule has 0 saturated carbocycles. The Labute approximate surface area is 111 Å². The van der Waals surface area contributed by atoms with Gasteiger partial charge in [0.15, 0.2) is 0 Å². The Kier molecular flexibility index (Phi) is 23.1. The van der Waals surface area contributed by atoms with E-state index in [2.05, 4.69) is 38.7 Å². The number of hydrogen-bond acceptors (Lipinski definition) is 0. The van der Waals surface area contributed by atoms with Crippen LogP contribution in [-0.4, -0.2) is 31.8 Å². The summed E-state index contributed by atoms with van der Waals surface area (Å²) in [5.74, 6) is 0. The first kappa shape index (κ1) is 19.5. The van der Waals surface area contributed by atoms with Gasteiger partial charge < -0.3 is 23.4 Å². The summed E-state index contributed by atoms with van der Waals surface area (Å²) in [5, 5.41) is 0. The molecule has 0 N–H and O–H groups in total. The van der Waals surface area contributed by atoms with Gasteiger partial charge in [-0.2, -0.15) is 12.5 Å². The second kappa shape index (κ2) is 15.4. The van der Waals surface area contributed by atoms with Gasteiger partial charge in [-0.25, -0.2) is 0 Å². The number of allylic oxidation sites excluding steroid dienone is 2. The molecule has 0 amide bonds. The molecule has 0 aliphatic heterocycles. The number of hydrogen-bond donors (Lipinski definition) is 0. The molecule has 3 heteroatoms. The first-order valence-corrected chi connectivity index (χ1v) is 6.83. The van der Waals surface area contributed by atoms with Gasteiger partial charge in [0.25, 0.3) is 0 Å². The van der Waals surface area contributed by atoms with Crippen molar-refractivity contribution in [1.82, 2.24) is 0 Å². The molecule has 0 nitrogen and oxygen atoms in total. The van der Waals surface area contributed by atoms with Crippen LogP contribution in [0.15, 0.2) is 25.3 Å². The largest absolute Gasteiger partial charge is 2.00 e. The van der Waals surface area contributed by atoms with E-state index in [9.17, 15) is 0 Å². The van der Waals surface area contributed by atoms with Crippen LogP contribution in [0.1, 0.15) is 13.3 Å². The van der Waals surface area contributed by atoms with Crippen LogP contribution in [0.2, 0.25) is 18.1 Å². The summed E-state index contributed by atoms with van der Waals surface area (Å²) in [6.45, 7) is 9.76. The first-order valence-electron chi connectivity index (χ1n) is 4.38. The van der Waals surface area contributed by atoms with Crippen molar-refractivity contribution < 1.29 is 17.0 Å². The molecule has 0 saturated heterocycles. The molecule has 0 rings (SSSR count). The SMILES string of the molecule is C=CC[SiH](CC=C)C[CH-]CC.[Br-].[Mg+2].